The lowest BCUT2D eigenvalue weighted by Gasteiger charge is -2.32. The number of benzene rings is 2. The molecule has 5 rings (SSSR count). The number of rotatable bonds is 7. The van der Waals surface area contributed by atoms with E-state index in [9.17, 15) is 13.2 Å². The monoisotopic (exact) mass is 525 g/mol. The Morgan fingerprint density at radius 3 is 2.49 bits per heavy atom. The highest BCUT2D eigenvalue weighted by Crippen LogP contribution is 2.31. The van der Waals surface area contributed by atoms with Crippen molar-refractivity contribution in [2.45, 2.75) is 29.5 Å². The SMILES string of the molecule is O=C(Nc1nc(-c2ccc(Oc3ccccc3)cc2)cs1)C1CCCCN1S(=O)(=O)c1cccs1. The van der Waals surface area contributed by atoms with Crippen LogP contribution in [0.25, 0.3) is 11.3 Å². The van der Waals surface area contributed by atoms with Crippen LogP contribution in [0.1, 0.15) is 19.3 Å². The smallest absolute Gasteiger partial charge is 0.253 e. The summed E-state index contributed by atoms with van der Waals surface area (Å²) in [6.45, 7) is 0.332. The first kappa shape index (κ1) is 23.7. The van der Waals surface area contributed by atoms with E-state index in [4.69, 9.17) is 4.74 Å². The molecule has 1 saturated heterocycles. The average molecular weight is 526 g/mol. The predicted octanol–water partition coefficient (Wildman–Crippen LogP) is 5.85. The van der Waals surface area contributed by atoms with Crippen LogP contribution in [0.5, 0.6) is 11.5 Å². The van der Waals surface area contributed by atoms with E-state index >= 15 is 0 Å². The first-order valence-electron chi connectivity index (χ1n) is 11.2. The third kappa shape index (κ3) is 5.30. The number of nitrogens with zero attached hydrogens (tertiary/aromatic N) is 2. The number of hydrogen-bond donors (Lipinski definition) is 1. The number of anilines is 1. The summed E-state index contributed by atoms with van der Waals surface area (Å²) in [5.41, 5.74) is 1.62. The number of carbonyl (C=O) groups excluding carboxylic acids is 1. The number of thiophene rings is 1. The maximum Gasteiger partial charge on any atom is 0.253 e. The van der Waals surface area contributed by atoms with E-state index in [2.05, 4.69) is 10.3 Å². The molecule has 0 spiro atoms. The highest BCUT2D eigenvalue weighted by atomic mass is 32.2. The van der Waals surface area contributed by atoms with E-state index in [0.717, 1.165) is 41.2 Å². The second kappa shape index (κ2) is 10.3. The summed E-state index contributed by atoms with van der Waals surface area (Å²) in [4.78, 5) is 17.6. The molecular weight excluding hydrogens is 502 g/mol. The van der Waals surface area contributed by atoms with Gasteiger partial charge in [0.05, 0.1) is 5.69 Å². The average Bonchev–Trinajstić information content (AvgIpc) is 3.58. The quantitative estimate of drug-likeness (QED) is 0.327. The van der Waals surface area contributed by atoms with Gasteiger partial charge in [-0.3, -0.25) is 4.79 Å². The number of ether oxygens (including phenoxy) is 1. The van der Waals surface area contributed by atoms with Gasteiger partial charge in [-0.05, 0) is 60.7 Å². The number of sulfonamides is 1. The number of para-hydroxylation sites is 1. The van der Waals surface area contributed by atoms with Crippen LogP contribution in [0.2, 0.25) is 0 Å². The molecule has 1 aliphatic heterocycles. The van der Waals surface area contributed by atoms with Crippen molar-refractivity contribution in [2.24, 2.45) is 0 Å². The van der Waals surface area contributed by atoms with Crippen LogP contribution in [0.3, 0.4) is 0 Å². The van der Waals surface area contributed by atoms with Crippen LogP contribution in [0, 0.1) is 0 Å². The maximum atomic E-state index is 13.1. The Labute approximate surface area is 212 Å². The number of hydrogen-bond acceptors (Lipinski definition) is 7. The molecule has 2 aromatic heterocycles. The van der Waals surface area contributed by atoms with Crippen molar-refractivity contribution >= 4 is 43.7 Å². The van der Waals surface area contributed by atoms with Gasteiger partial charge < -0.3 is 10.1 Å². The molecule has 1 aliphatic rings. The third-order valence-electron chi connectivity index (χ3n) is 5.68. The Morgan fingerprint density at radius 2 is 1.74 bits per heavy atom. The molecule has 7 nitrogen and oxygen atoms in total. The Bertz CT molecular complexity index is 1390. The molecule has 1 N–H and O–H groups in total. The summed E-state index contributed by atoms with van der Waals surface area (Å²) >= 11 is 2.47. The van der Waals surface area contributed by atoms with Crippen molar-refractivity contribution < 1.29 is 17.9 Å². The highest BCUT2D eigenvalue weighted by Gasteiger charge is 2.38. The molecular formula is C25H23N3O4S3. The first-order chi connectivity index (χ1) is 17.0. The van der Waals surface area contributed by atoms with Crippen molar-refractivity contribution in [3.8, 4) is 22.8 Å². The van der Waals surface area contributed by atoms with Crippen LogP contribution in [0.15, 0.2) is 81.7 Å². The number of amides is 1. The fourth-order valence-electron chi connectivity index (χ4n) is 3.95. The lowest BCUT2D eigenvalue weighted by Crippen LogP contribution is -2.49. The van der Waals surface area contributed by atoms with Crippen molar-refractivity contribution in [3.63, 3.8) is 0 Å². The molecule has 2 aromatic carbocycles. The van der Waals surface area contributed by atoms with Crippen LogP contribution >= 0.6 is 22.7 Å². The molecule has 1 fully saturated rings. The summed E-state index contributed by atoms with van der Waals surface area (Å²) in [5, 5.41) is 6.86. The zero-order valence-corrected chi connectivity index (χ0v) is 21.1. The van der Waals surface area contributed by atoms with Crippen molar-refractivity contribution in [2.75, 3.05) is 11.9 Å². The van der Waals surface area contributed by atoms with Crippen LogP contribution in [-0.2, 0) is 14.8 Å². The van der Waals surface area contributed by atoms with Gasteiger partial charge >= 0.3 is 0 Å². The van der Waals surface area contributed by atoms with Crippen LogP contribution in [0.4, 0.5) is 5.13 Å². The predicted molar refractivity (Wildman–Crippen MR) is 139 cm³/mol. The zero-order valence-electron chi connectivity index (χ0n) is 18.7. The second-order valence-electron chi connectivity index (χ2n) is 8.03. The molecule has 0 bridgehead atoms. The zero-order chi connectivity index (χ0) is 24.3. The van der Waals surface area contributed by atoms with Gasteiger partial charge in [0.25, 0.3) is 10.0 Å². The van der Waals surface area contributed by atoms with E-state index in [-0.39, 0.29) is 10.1 Å². The van der Waals surface area contributed by atoms with Crippen molar-refractivity contribution in [1.82, 2.24) is 9.29 Å². The molecule has 1 unspecified atom stereocenters. The maximum absolute atomic E-state index is 13.1. The van der Waals surface area contributed by atoms with Gasteiger partial charge in [0, 0.05) is 17.5 Å². The molecule has 10 heteroatoms. The Balaban J connectivity index is 1.27. The molecule has 0 aliphatic carbocycles. The van der Waals surface area contributed by atoms with Gasteiger partial charge in [-0.2, -0.15) is 4.31 Å². The minimum absolute atomic E-state index is 0.258. The molecule has 4 aromatic rings. The summed E-state index contributed by atoms with van der Waals surface area (Å²) in [6, 6.07) is 19.6. The number of carbonyl (C=O) groups is 1. The van der Waals surface area contributed by atoms with Gasteiger partial charge in [0.15, 0.2) is 5.13 Å². The molecule has 180 valence electrons. The Hall–Kier alpha value is -3.05. The van der Waals surface area contributed by atoms with E-state index in [1.807, 2.05) is 60.0 Å². The highest BCUT2D eigenvalue weighted by molar-refractivity contribution is 7.91. The summed E-state index contributed by atoms with van der Waals surface area (Å²) in [7, 11) is -3.71. The first-order valence-corrected chi connectivity index (χ1v) is 14.4. The number of nitrogens with one attached hydrogen (secondary N) is 1. The topological polar surface area (TPSA) is 88.6 Å². The lowest BCUT2D eigenvalue weighted by molar-refractivity contribution is -0.120. The molecule has 1 amide bonds. The Morgan fingerprint density at radius 1 is 0.971 bits per heavy atom. The lowest BCUT2D eigenvalue weighted by atomic mass is 10.0. The summed E-state index contributed by atoms with van der Waals surface area (Å²) in [6.07, 6.45) is 2.02. The molecule has 35 heavy (non-hydrogen) atoms. The summed E-state index contributed by atoms with van der Waals surface area (Å²) < 4.78 is 33.6. The van der Waals surface area contributed by atoms with Gasteiger partial charge in [0.2, 0.25) is 5.91 Å². The minimum Gasteiger partial charge on any atom is -0.457 e. The van der Waals surface area contributed by atoms with Crippen LogP contribution < -0.4 is 10.1 Å². The fourth-order valence-corrected chi connectivity index (χ4v) is 7.45. The number of aromatic nitrogens is 1. The van der Waals surface area contributed by atoms with Gasteiger partial charge in [-0.15, -0.1) is 22.7 Å². The molecule has 3 heterocycles. The van der Waals surface area contributed by atoms with Gasteiger partial charge in [-0.25, -0.2) is 13.4 Å². The van der Waals surface area contributed by atoms with E-state index in [1.54, 1.807) is 17.5 Å². The van der Waals surface area contributed by atoms with Crippen LogP contribution in [-0.4, -0.2) is 36.2 Å². The fraction of sp³-hybridized carbons (Fsp3) is 0.200. The number of thiazole rings is 1. The largest absolute Gasteiger partial charge is 0.457 e. The van der Waals surface area contributed by atoms with Gasteiger partial charge in [0.1, 0.15) is 21.8 Å². The molecule has 0 radical (unpaired) electrons. The van der Waals surface area contributed by atoms with Gasteiger partial charge in [-0.1, -0.05) is 30.7 Å². The van der Waals surface area contributed by atoms with E-state index < -0.39 is 16.1 Å². The molecule has 1 atom stereocenters. The normalized spacial score (nSPS) is 16.6. The van der Waals surface area contributed by atoms with Crippen molar-refractivity contribution in [3.05, 3.63) is 77.5 Å². The standard InChI is InChI=1S/C25H23N3O4S3/c29-24(22-9-4-5-15-28(22)35(30,31)23-10-6-16-33-23)27-25-26-21(17-34-25)18-11-13-20(14-12-18)32-19-7-2-1-3-8-19/h1-3,6-8,10-14,16-17,22H,4-5,9,15H2,(H,26,27,29). The third-order valence-corrected chi connectivity index (χ3v) is 9.72. The minimum atomic E-state index is -3.71. The molecule has 0 saturated carbocycles. The van der Waals surface area contributed by atoms with E-state index in [1.165, 1.54) is 15.6 Å². The second-order valence-corrected chi connectivity index (χ2v) is 11.9. The van der Waals surface area contributed by atoms with Crippen molar-refractivity contribution in [1.29, 1.82) is 0 Å². The Kier molecular flexibility index (Phi) is 6.96. The summed E-state index contributed by atoms with van der Waals surface area (Å²) in [5.74, 6) is 1.13. The van der Waals surface area contributed by atoms with E-state index in [0.29, 0.717) is 23.8 Å². The number of piperidine rings is 1.